The van der Waals surface area contributed by atoms with Gasteiger partial charge in [0.2, 0.25) is 0 Å². The molecule has 0 aliphatic rings. The first-order valence-electron chi connectivity index (χ1n) is 8.69. The monoisotopic (exact) mass is 402 g/mol. The van der Waals surface area contributed by atoms with Crippen LogP contribution in [0.4, 0.5) is 0 Å². The number of benzene rings is 4. The minimum Gasteiger partial charge on any atom is -0.488 e. The quantitative estimate of drug-likeness (QED) is 0.327. The third kappa shape index (κ3) is 3.38. The summed E-state index contributed by atoms with van der Waals surface area (Å²) in [6, 6.07) is 31.5. The van der Waals surface area contributed by atoms with Crippen LogP contribution in [0, 0.1) is 0 Å². The van der Waals surface area contributed by atoms with Gasteiger partial charge in [-0.15, -0.1) is 0 Å². The van der Waals surface area contributed by atoms with Gasteiger partial charge in [-0.05, 0) is 33.5 Å². The molecule has 26 heavy (non-hydrogen) atoms. The minimum atomic E-state index is 0.562. The van der Waals surface area contributed by atoms with Gasteiger partial charge in [-0.3, -0.25) is 0 Å². The molecule has 4 aromatic carbocycles. The molecule has 0 N–H and O–H groups in total. The van der Waals surface area contributed by atoms with Crippen LogP contribution in [0.25, 0.3) is 21.9 Å². The Bertz CT molecular complexity index is 1020. The van der Waals surface area contributed by atoms with E-state index in [0.717, 1.165) is 16.6 Å². The second-order valence-corrected chi connectivity index (χ2v) is 6.79. The molecule has 0 aliphatic heterocycles. The van der Waals surface area contributed by atoms with Crippen molar-refractivity contribution in [1.82, 2.24) is 0 Å². The molecule has 0 saturated heterocycles. The zero-order valence-electron chi connectivity index (χ0n) is 14.4. The smallest absolute Gasteiger partial charge is 0.127 e. The first-order valence-corrected chi connectivity index (χ1v) is 9.81. The van der Waals surface area contributed by atoms with Gasteiger partial charge >= 0.3 is 0 Å². The number of para-hydroxylation sites is 1. The van der Waals surface area contributed by atoms with Crippen molar-refractivity contribution in [1.29, 1.82) is 0 Å². The number of fused-ring (bicyclic) bond motifs is 1. The predicted octanol–water partition coefficient (Wildman–Crippen LogP) is 6.98. The van der Waals surface area contributed by atoms with Gasteiger partial charge in [0.25, 0.3) is 0 Å². The van der Waals surface area contributed by atoms with Crippen molar-refractivity contribution < 1.29 is 4.74 Å². The molecular weight excluding hydrogens is 384 g/mol. The van der Waals surface area contributed by atoms with Crippen molar-refractivity contribution in [2.24, 2.45) is 0 Å². The van der Waals surface area contributed by atoms with Crippen molar-refractivity contribution >= 4 is 26.7 Å². The molecule has 0 fully saturated rings. The standard InChI is InChI=1S/C24H19BrO/c25-16-20-15-14-19-10-4-5-11-21(19)24(20)22-12-6-7-13-23(22)26-17-18-8-2-1-3-9-18/h1-15H,16-17H2. The van der Waals surface area contributed by atoms with Gasteiger partial charge in [-0.1, -0.05) is 101 Å². The second-order valence-electron chi connectivity index (χ2n) is 6.22. The highest BCUT2D eigenvalue weighted by Gasteiger charge is 2.13. The lowest BCUT2D eigenvalue weighted by Gasteiger charge is -2.16. The summed E-state index contributed by atoms with van der Waals surface area (Å²) in [7, 11) is 0. The Balaban J connectivity index is 1.80. The molecule has 0 saturated carbocycles. The number of hydrogen-bond acceptors (Lipinski definition) is 1. The van der Waals surface area contributed by atoms with Crippen molar-refractivity contribution in [2.75, 3.05) is 0 Å². The van der Waals surface area contributed by atoms with Gasteiger partial charge in [0.05, 0.1) is 0 Å². The van der Waals surface area contributed by atoms with Crippen LogP contribution in [0.3, 0.4) is 0 Å². The van der Waals surface area contributed by atoms with Crippen LogP contribution in [0.15, 0.2) is 91.0 Å². The molecule has 128 valence electrons. The molecular formula is C24H19BrO. The summed E-state index contributed by atoms with van der Waals surface area (Å²) >= 11 is 3.65. The van der Waals surface area contributed by atoms with E-state index in [-0.39, 0.29) is 0 Å². The van der Waals surface area contributed by atoms with Gasteiger partial charge in [-0.25, -0.2) is 0 Å². The highest BCUT2D eigenvalue weighted by Crippen LogP contribution is 2.38. The average Bonchev–Trinajstić information content (AvgIpc) is 2.72. The fourth-order valence-electron chi connectivity index (χ4n) is 3.28. The van der Waals surface area contributed by atoms with E-state index in [0.29, 0.717) is 6.61 Å². The Labute approximate surface area is 162 Å². The Hall–Kier alpha value is -2.58. The lowest BCUT2D eigenvalue weighted by Crippen LogP contribution is -1.98. The molecule has 4 rings (SSSR count). The van der Waals surface area contributed by atoms with Gasteiger partial charge in [0.1, 0.15) is 12.4 Å². The van der Waals surface area contributed by atoms with Crippen molar-refractivity contribution in [3.05, 3.63) is 102 Å². The third-order valence-corrected chi connectivity index (χ3v) is 5.16. The van der Waals surface area contributed by atoms with Crippen LogP contribution in [-0.2, 0) is 11.9 Å². The maximum absolute atomic E-state index is 6.21. The predicted molar refractivity (Wildman–Crippen MR) is 113 cm³/mol. The molecule has 0 heterocycles. The zero-order chi connectivity index (χ0) is 17.8. The van der Waals surface area contributed by atoms with Crippen LogP contribution in [-0.4, -0.2) is 0 Å². The van der Waals surface area contributed by atoms with Gasteiger partial charge in [0.15, 0.2) is 0 Å². The fourth-order valence-corrected chi connectivity index (χ4v) is 3.75. The zero-order valence-corrected chi connectivity index (χ0v) is 15.9. The highest BCUT2D eigenvalue weighted by molar-refractivity contribution is 9.08. The Morgan fingerprint density at radius 3 is 2.27 bits per heavy atom. The summed E-state index contributed by atoms with van der Waals surface area (Å²) in [5.41, 5.74) is 4.80. The molecule has 0 unspecified atom stereocenters. The number of hydrogen-bond donors (Lipinski definition) is 0. The normalized spacial score (nSPS) is 10.8. The van der Waals surface area contributed by atoms with Gasteiger partial charge < -0.3 is 4.74 Å². The van der Waals surface area contributed by atoms with Crippen LogP contribution in [0.1, 0.15) is 11.1 Å². The summed E-state index contributed by atoms with van der Waals surface area (Å²) in [5, 5.41) is 3.30. The molecule has 2 heteroatoms. The summed E-state index contributed by atoms with van der Waals surface area (Å²) in [5.74, 6) is 0.912. The molecule has 0 amide bonds. The molecule has 1 nitrogen and oxygen atoms in total. The number of ether oxygens (including phenoxy) is 1. The van der Waals surface area contributed by atoms with Crippen molar-refractivity contribution in [2.45, 2.75) is 11.9 Å². The van der Waals surface area contributed by atoms with Crippen molar-refractivity contribution in [3.63, 3.8) is 0 Å². The largest absolute Gasteiger partial charge is 0.488 e. The first-order chi connectivity index (χ1) is 12.9. The van der Waals surface area contributed by atoms with E-state index < -0.39 is 0 Å². The second kappa shape index (κ2) is 7.76. The number of alkyl halides is 1. The van der Waals surface area contributed by atoms with E-state index in [2.05, 4.69) is 82.7 Å². The highest BCUT2D eigenvalue weighted by atomic mass is 79.9. The Kier molecular flexibility index (Phi) is 5.03. The third-order valence-electron chi connectivity index (χ3n) is 4.55. The molecule has 4 aromatic rings. The van der Waals surface area contributed by atoms with Crippen LogP contribution >= 0.6 is 15.9 Å². The maximum Gasteiger partial charge on any atom is 0.127 e. The first kappa shape index (κ1) is 16.9. The fraction of sp³-hybridized carbons (Fsp3) is 0.0833. The lowest BCUT2D eigenvalue weighted by molar-refractivity contribution is 0.307. The van der Waals surface area contributed by atoms with E-state index in [1.165, 1.54) is 27.5 Å². The van der Waals surface area contributed by atoms with Crippen LogP contribution in [0.2, 0.25) is 0 Å². The van der Waals surface area contributed by atoms with Crippen LogP contribution in [0.5, 0.6) is 5.75 Å². The topological polar surface area (TPSA) is 9.23 Å². The Morgan fingerprint density at radius 1 is 0.692 bits per heavy atom. The molecule has 0 bridgehead atoms. The maximum atomic E-state index is 6.21. The lowest BCUT2D eigenvalue weighted by atomic mass is 9.93. The summed E-state index contributed by atoms with van der Waals surface area (Å²) in [6.07, 6.45) is 0. The van der Waals surface area contributed by atoms with Gasteiger partial charge in [-0.2, -0.15) is 0 Å². The molecule has 0 atom stereocenters. The van der Waals surface area contributed by atoms with Crippen LogP contribution < -0.4 is 4.74 Å². The molecule has 0 aliphatic carbocycles. The number of halogens is 1. The van der Waals surface area contributed by atoms with E-state index in [1.807, 2.05) is 24.3 Å². The minimum absolute atomic E-state index is 0.562. The number of rotatable bonds is 5. The molecule has 0 radical (unpaired) electrons. The summed E-state index contributed by atoms with van der Waals surface area (Å²) < 4.78 is 6.21. The van der Waals surface area contributed by atoms with E-state index in [9.17, 15) is 0 Å². The van der Waals surface area contributed by atoms with E-state index in [1.54, 1.807) is 0 Å². The molecule has 0 aromatic heterocycles. The van der Waals surface area contributed by atoms with Gasteiger partial charge in [0, 0.05) is 10.9 Å². The molecule has 0 spiro atoms. The average molecular weight is 403 g/mol. The van der Waals surface area contributed by atoms with Crippen molar-refractivity contribution in [3.8, 4) is 16.9 Å². The Morgan fingerprint density at radius 2 is 1.42 bits per heavy atom. The van der Waals surface area contributed by atoms with E-state index in [4.69, 9.17) is 4.74 Å². The summed E-state index contributed by atoms with van der Waals surface area (Å²) in [4.78, 5) is 0. The SMILES string of the molecule is BrCc1ccc2ccccc2c1-c1ccccc1OCc1ccccc1. The van der Waals surface area contributed by atoms with E-state index >= 15 is 0 Å². The summed E-state index contributed by atoms with van der Waals surface area (Å²) in [6.45, 7) is 0.562.